The number of hydrogen-bond donors (Lipinski definition) is 1. The lowest BCUT2D eigenvalue weighted by molar-refractivity contribution is -0.126. The highest BCUT2D eigenvalue weighted by Gasteiger charge is 2.25. The van der Waals surface area contributed by atoms with Crippen molar-refractivity contribution in [2.45, 2.75) is 26.2 Å². The number of hydrogen-bond acceptors (Lipinski definition) is 2. The van der Waals surface area contributed by atoms with Crippen LogP contribution in [0.2, 0.25) is 0 Å². The summed E-state index contributed by atoms with van der Waals surface area (Å²) in [5.74, 6) is 0.819. The topological polar surface area (TPSA) is 37.3 Å². The van der Waals surface area contributed by atoms with Crippen LogP contribution in [0.1, 0.15) is 26.2 Å². The van der Waals surface area contributed by atoms with Gasteiger partial charge in [-0.1, -0.05) is 6.92 Å². The molecule has 1 N–H and O–H groups in total. The minimum Gasteiger partial charge on any atom is -0.396 e. The molecule has 0 radical (unpaired) electrons. The molecule has 0 saturated heterocycles. The summed E-state index contributed by atoms with van der Waals surface area (Å²) >= 11 is 0. The molecule has 2 nitrogen and oxygen atoms in total. The van der Waals surface area contributed by atoms with Gasteiger partial charge in [0.05, 0.1) is 6.61 Å². The maximum Gasteiger partial charge on any atom is 0.138 e. The smallest absolute Gasteiger partial charge is 0.138 e. The van der Waals surface area contributed by atoms with E-state index in [1.165, 1.54) is 0 Å². The van der Waals surface area contributed by atoms with Gasteiger partial charge in [-0.3, -0.25) is 4.79 Å². The average molecular weight is 142 g/mol. The molecule has 0 spiro atoms. The zero-order valence-corrected chi connectivity index (χ0v) is 6.34. The van der Waals surface area contributed by atoms with Crippen LogP contribution in [0.15, 0.2) is 0 Å². The standard InChI is InChI=1S/C8H14O2/c1-6-2-3-8(10)7(4-6)5-9/h6-7,9H,2-5H2,1H3/t6-,7+/m0/s1. The first kappa shape index (κ1) is 7.73. The molecule has 2 atom stereocenters. The first-order valence-electron chi connectivity index (χ1n) is 3.87. The van der Waals surface area contributed by atoms with E-state index >= 15 is 0 Å². The Morgan fingerprint density at radius 2 is 2.40 bits per heavy atom. The van der Waals surface area contributed by atoms with Gasteiger partial charge in [0.1, 0.15) is 5.78 Å². The van der Waals surface area contributed by atoms with Crippen molar-refractivity contribution in [1.82, 2.24) is 0 Å². The predicted octanol–water partition coefficient (Wildman–Crippen LogP) is 0.984. The molecule has 1 fully saturated rings. The molecule has 0 unspecified atom stereocenters. The molecule has 0 amide bonds. The van der Waals surface area contributed by atoms with Gasteiger partial charge in [0.25, 0.3) is 0 Å². The fourth-order valence-corrected chi connectivity index (χ4v) is 1.50. The number of carbonyl (C=O) groups is 1. The van der Waals surface area contributed by atoms with Gasteiger partial charge in [-0.2, -0.15) is 0 Å². The van der Waals surface area contributed by atoms with Crippen LogP contribution in [0.25, 0.3) is 0 Å². The molecule has 0 aromatic heterocycles. The molecule has 2 heteroatoms. The fourth-order valence-electron chi connectivity index (χ4n) is 1.50. The van der Waals surface area contributed by atoms with Crippen molar-refractivity contribution in [2.75, 3.05) is 6.61 Å². The van der Waals surface area contributed by atoms with Crippen LogP contribution in [0, 0.1) is 11.8 Å². The Morgan fingerprint density at radius 1 is 1.70 bits per heavy atom. The number of aliphatic hydroxyl groups is 1. The van der Waals surface area contributed by atoms with Crippen molar-refractivity contribution >= 4 is 5.78 Å². The highest BCUT2D eigenvalue weighted by molar-refractivity contribution is 5.81. The first-order chi connectivity index (χ1) is 4.74. The molecule has 0 aliphatic heterocycles. The third-order valence-corrected chi connectivity index (χ3v) is 2.25. The third kappa shape index (κ3) is 1.57. The van der Waals surface area contributed by atoms with E-state index in [4.69, 9.17) is 5.11 Å². The van der Waals surface area contributed by atoms with Crippen molar-refractivity contribution in [1.29, 1.82) is 0 Å². The molecule has 1 saturated carbocycles. The van der Waals surface area contributed by atoms with Crippen molar-refractivity contribution in [3.8, 4) is 0 Å². The number of aliphatic hydroxyl groups excluding tert-OH is 1. The molecule has 0 bridgehead atoms. The third-order valence-electron chi connectivity index (χ3n) is 2.25. The van der Waals surface area contributed by atoms with E-state index < -0.39 is 0 Å². The lowest BCUT2D eigenvalue weighted by Gasteiger charge is -2.23. The summed E-state index contributed by atoms with van der Waals surface area (Å²) in [5.41, 5.74) is 0. The highest BCUT2D eigenvalue weighted by Crippen LogP contribution is 2.25. The zero-order chi connectivity index (χ0) is 7.56. The van der Waals surface area contributed by atoms with Gasteiger partial charge < -0.3 is 5.11 Å². The van der Waals surface area contributed by atoms with Crippen molar-refractivity contribution in [2.24, 2.45) is 11.8 Å². The van der Waals surface area contributed by atoms with Crippen LogP contribution < -0.4 is 0 Å². The van der Waals surface area contributed by atoms with Crippen LogP contribution in [0.5, 0.6) is 0 Å². The lowest BCUT2D eigenvalue weighted by Crippen LogP contribution is -2.26. The molecule has 1 aliphatic rings. The molecule has 0 heterocycles. The van der Waals surface area contributed by atoms with Crippen LogP contribution in [-0.4, -0.2) is 17.5 Å². The molecule has 58 valence electrons. The Kier molecular flexibility index (Phi) is 2.44. The van der Waals surface area contributed by atoms with E-state index in [-0.39, 0.29) is 18.3 Å². The van der Waals surface area contributed by atoms with E-state index in [0.29, 0.717) is 12.3 Å². The van der Waals surface area contributed by atoms with Crippen molar-refractivity contribution in [3.05, 3.63) is 0 Å². The van der Waals surface area contributed by atoms with Gasteiger partial charge in [-0.15, -0.1) is 0 Å². The van der Waals surface area contributed by atoms with E-state index in [9.17, 15) is 4.79 Å². The van der Waals surface area contributed by atoms with Crippen molar-refractivity contribution < 1.29 is 9.90 Å². The van der Waals surface area contributed by atoms with Gasteiger partial charge in [0.2, 0.25) is 0 Å². The van der Waals surface area contributed by atoms with Gasteiger partial charge in [-0.05, 0) is 18.8 Å². The lowest BCUT2D eigenvalue weighted by atomic mass is 9.82. The normalized spacial score (nSPS) is 34.4. The Morgan fingerprint density at radius 3 is 2.90 bits per heavy atom. The second-order valence-corrected chi connectivity index (χ2v) is 3.23. The SMILES string of the molecule is C[C@H]1CCC(=O)[C@@H](CO)C1. The summed E-state index contributed by atoms with van der Waals surface area (Å²) in [7, 11) is 0. The largest absolute Gasteiger partial charge is 0.396 e. The highest BCUT2D eigenvalue weighted by atomic mass is 16.3. The van der Waals surface area contributed by atoms with Gasteiger partial charge in [0, 0.05) is 12.3 Å². The minimum atomic E-state index is -0.0521. The van der Waals surface area contributed by atoms with E-state index in [1.807, 2.05) is 0 Å². The maximum atomic E-state index is 11.0. The average Bonchev–Trinajstić information content (AvgIpc) is 1.94. The van der Waals surface area contributed by atoms with Gasteiger partial charge in [0.15, 0.2) is 0 Å². The molecule has 10 heavy (non-hydrogen) atoms. The van der Waals surface area contributed by atoms with Crippen LogP contribution >= 0.6 is 0 Å². The summed E-state index contributed by atoms with van der Waals surface area (Å²) in [6, 6.07) is 0. The zero-order valence-electron chi connectivity index (χ0n) is 6.34. The summed E-state index contributed by atoms with van der Waals surface area (Å²) in [6.45, 7) is 2.18. The number of Topliss-reactive ketones (excluding diaryl/α,β-unsaturated/α-hetero) is 1. The Balaban J connectivity index is 2.45. The summed E-state index contributed by atoms with van der Waals surface area (Å²) < 4.78 is 0. The summed E-state index contributed by atoms with van der Waals surface area (Å²) in [6.07, 6.45) is 2.57. The van der Waals surface area contributed by atoms with E-state index in [1.54, 1.807) is 0 Å². The molecule has 1 rings (SSSR count). The number of rotatable bonds is 1. The summed E-state index contributed by atoms with van der Waals surface area (Å²) in [4.78, 5) is 11.0. The van der Waals surface area contributed by atoms with Crippen molar-refractivity contribution in [3.63, 3.8) is 0 Å². The molecular weight excluding hydrogens is 128 g/mol. The molecule has 0 aromatic rings. The second-order valence-electron chi connectivity index (χ2n) is 3.23. The first-order valence-corrected chi connectivity index (χ1v) is 3.87. The fraction of sp³-hybridized carbons (Fsp3) is 0.875. The second kappa shape index (κ2) is 3.15. The minimum absolute atomic E-state index is 0.0448. The Labute approximate surface area is 61.2 Å². The van der Waals surface area contributed by atoms with Gasteiger partial charge in [-0.25, -0.2) is 0 Å². The Hall–Kier alpha value is -0.370. The number of ketones is 1. The quantitative estimate of drug-likeness (QED) is 0.592. The van der Waals surface area contributed by atoms with Crippen LogP contribution in [0.4, 0.5) is 0 Å². The maximum absolute atomic E-state index is 11.0. The molecular formula is C8H14O2. The van der Waals surface area contributed by atoms with Crippen LogP contribution in [-0.2, 0) is 4.79 Å². The summed E-state index contributed by atoms with van der Waals surface area (Å²) in [5, 5.41) is 8.76. The van der Waals surface area contributed by atoms with E-state index in [2.05, 4.69) is 6.92 Å². The monoisotopic (exact) mass is 142 g/mol. The number of carbonyl (C=O) groups excluding carboxylic acids is 1. The predicted molar refractivity (Wildman–Crippen MR) is 38.6 cm³/mol. The molecule has 1 aliphatic carbocycles. The van der Waals surface area contributed by atoms with Crippen LogP contribution in [0.3, 0.4) is 0 Å². The molecule has 0 aromatic carbocycles. The van der Waals surface area contributed by atoms with Gasteiger partial charge >= 0.3 is 0 Å². The Bertz CT molecular complexity index is 131. The van der Waals surface area contributed by atoms with E-state index in [0.717, 1.165) is 12.8 Å².